The topological polar surface area (TPSA) is 59.4 Å². The Kier molecular flexibility index (Phi) is 3.86. The number of carboxylic acid groups (broad SMARTS) is 1. The van der Waals surface area contributed by atoms with Crippen LogP contribution in [0.5, 0.6) is 11.6 Å². The molecule has 5 heteroatoms. The number of pyridine rings is 1. The van der Waals surface area contributed by atoms with Gasteiger partial charge in [-0.2, -0.15) is 0 Å². The van der Waals surface area contributed by atoms with E-state index in [0.29, 0.717) is 11.6 Å². The summed E-state index contributed by atoms with van der Waals surface area (Å²) in [6, 6.07) is 18.4. The molecule has 0 radical (unpaired) electrons. The standard InChI is InChI=1S/C20H12BrNO3/c21-15-2-1-3-16(11-15)25-19-18-12(8-9-22-19)4-5-13-10-14(20(23)24)6-7-17(13)18/h1-11H,(H,23,24). The fraction of sp³-hybridized carbons (Fsp3) is 0. The Labute approximate surface area is 151 Å². The highest BCUT2D eigenvalue weighted by Crippen LogP contribution is 2.34. The van der Waals surface area contributed by atoms with E-state index in [2.05, 4.69) is 20.9 Å². The van der Waals surface area contributed by atoms with E-state index in [1.165, 1.54) is 0 Å². The first-order valence-corrected chi connectivity index (χ1v) is 8.39. The van der Waals surface area contributed by atoms with Crippen molar-refractivity contribution in [2.75, 3.05) is 0 Å². The number of carboxylic acids is 1. The monoisotopic (exact) mass is 393 g/mol. The molecule has 4 rings (SSSR count). The zero-order chi connectivity index (χ0) is 17.4. The molecular weight excluding hydrogens is 382 g/mol. The lowest BCUT2D eigenvalue weighted by molar-refractivity contribution is 0.0697. The van der Waals surface area contributed by atoms with E-state index in [-0.39, 0.29) is 5.56 Å². The molecule has 0 aliphatic rings. The molecule has 4 aromatic rings. The van der Waals surface area contributed by atoms with Crippen molar-refractivity contribution >= 4 is 43.4 Å². The summed E-state index contributed by atoms with van der Waals surface area (Å²) < 4.78 is 6.92. The molecule has 3 aromatic carbocycles. The van der Waals surface area contributed by atoms with Crippen LogP contribution in [0.2, 0.25) is 0 Å². The molecule has 0 atom stereocenters. The molecule has 0 fully saturated rings. The van der Waals surface area contributed by atoms with Crippen molar-refractivity contribution in [3.8, 4) is 11.6 Å². The minimum absolute atomic E-state index is 0.255. The Balaban J connectivity index is 1.93. The zero-order valence-corrected chi connectivity index (χ0v) is 14.5. The Morgan fingerprint density at radius 3 is 2.64 bits per heavy atom. The van der Waals surface area contributed by atoms with Gasteiger partial charge < -0.3 is 9.84 Å². The molecule has 122 valence electrons. The molecule has 0 saturated carbocycles. The first-order valence-electron chi connectivity index (χ1n) is 7.60. The number of rotatable bonds is 3. The summed E-state index contributed by atoms with van der Waals surface area (Å²) in [5.74, 6) is 0.219. The van der Waals surface area contributed by atoms with Crippen molar-refractivity contribution in [3.05, 3.63) is 76.9 Å². The summed E-state index contributed by atoms with van der Waals surface area (Å²) in [7, 11) is 0. The van der Waals surface area contributed by atoms with Gasteiger partial charge in [0.1, 0.15) is 5.75 Å². The van der Waals surface area contributed by atoms with Crippen LogP contribution >= 0.6 is 15.9 Å². The van der Waals surface area contributed by atoms with Gasteiger partial charge in [0.2, 0.25) is 5.88 Å². The van der Waals surface area contributed by atoms with Crippen LogP contribution in [-0.2, 0) is 0 Å². The highest BCUT2D eigenvalue weighted by Gasteiger charge is 2.11. The normalized spacial score (nSPS) is 10.9. The van der Waals surface area contributed by atoms with Crippen molar-refractivity contribution in [2.45, 2.75) is 0 Å². The molecule has 1 heterocycles. The summed E-state index contributed by atoms with van der Waals surface area (Å²) >= 11 is 3.43. The molecule has 1 aromatic heterocycles. The number of ether oxygens (including phenoxy) is 1. The van der Waals surface area contributed by atoms with Crippen LogP contribution in [0, 0.1) is 0 Å². The number of aromatic nitrogens is 1. The van der Waals surface area contributed by atoms with Crippen LogP contribution in [0.3, 0.4) is 0 Å². The largest absolute Gasteiger partial charge is 0.478 e. The SMILES string of the molecule is O=C(O)c1ccc2c(ccc3ccnc(Oc4cccc(Br)c4)c32)c1. The van der Waals surface area contributed by atoms with E-state index < -0.39 is 5.97 Å². The van der Waals surface area contributed by atoms with Gasteiger partial charge in [-0.1, -0.05) is 40.2 Å². The van der Waals surface area contributed by atoms with Gasteiger partial charge in [-0.05, 0) is 52.6 Å². The Morgan fingerprint density at radius 1 is 1.00 bits per heavy atom. The van der Waals surface area contributed by atoms with Crippen molar-refractivity contribution in [2.24, 2.45) is 0 Å². The van der Waals surface area contributed by atoms with Crippen LogP contribution < -0.4 is 4.74 Å². The summed E-state index contributed by atoms with van der Waals surface area (Å²) in [6.07, 6.45) is 1.70. The molecule has 25 heavy (non-hydrogen) atoms. The number of carbonyl (C=O) groups is 1. The lowest BCUT2D eigenvalue weighted by Crippen LogP contribution is -1.96. The van der Waals surface area contributed by atoms with E-state index in [1.54, 1.807) is 24.4 Å². The number of hydrogen-bond donors (Lipinski definition) is 1. The van der Waals surface area contributed by atoms with Crippen molar-refractivity contribution in [3.63, 3.8) is 0 Å². The van der Waals surface area contributed by atoms with E-state index >= 15 is 0 Å². The van der Waals surface area contributed by atoms with Crippen LogP contribution in [0.25, 0.3) is 21.5 Å². The summed E-state index contributed by atoms with van der Waals surface area (Å²) in [5, 5.41) is 12.8. The van der Waals surface area contributed by atoms with Gasteiger partial charge in [0.15, 0.2) is 0 Å². The van der Waals surface area contributed by atoms with Crippen LogP contribution in [-0.4, -0.2) is 16.1 Å². The summed E-state index contributed by atoms with van der Waals surface area (Å²) in [6.45, 7) is 0. The molecule has 0 saturated heterocycles. The second kappa shape index (κ2) is 6.18. The third-order valence-electron chi connectivity index (χ3n) is 3.97. The lowest BCUT2D eigenvalue weighted by atomic mass is 10.0. The number of nitrogens with zero attached hydrogens (tertiary/aromatic N) is 1. The summed E-state index contributed by atoms with van der Waals surface area (Å²) in [5.41, 5.74) is 0.255. The maximum Gasteiger partial charge on any atom is 0.335 e. The van der Waals surface area contributed by atoms with Crippen molar-refractivity contribution in [1.29, 1.82) is 0 Å². The van der Waals surface area contributed by atoms with Crippen LogP contribution in [0.1, 0.15) is 10.4 Å². The number of aromatic carboxylic acids is 1. The molecule has 4 nitrogen and oxygen atoms in total. The highest BCUT2D eigenvalue weighted by molar-refractivity contribution is 9.10. The molecule has 0 bridgehead atoms. The van der Waals surface area contributed by atoms with Crippen LogP contribution in [0.4, 0.5) is 0 Å². The van der Waals surface area contributed by atoms with E-state index in [4.69, 9.17) is 4.74 Å². The van der Waals surface area contributed by atoms with Gasteiger partial charge in [-0.25, -0.2) is 9.78 Å². The average molecular weight is 394 g/mol. The third kappa shape index (κ3) is 2.94. The van der Waals surface area contributed by atoms with Crippen LogP contribution in [0.15, 0.2) is 71.3 Å². The Morgan fingerprint density at radius 2 is 1.84 bits per heavy atom. The van der Waals surface area contributed by atoms with Crippen molar-refractivity contribution < 1.29 is 14.6 Å². The minimum Gasteiger partial charge on any atom is -0.478 e. The van der Waals surface area contributed by atoms with Gasteiger partial charge >= 0.3 is 5.97 Å². The molecule has 0 spiro atoms. The Hall–Kier alpha value is -2.92. The van der Waals surface area contributed by atoms with E-state index in [0.717, 1.165) is 26.0 Å². The number of fused-ring (bicyclic) bond motifs is 3. The van der Waals surface area contributed by atoms with Gasteiger partial charge in [-0.3, -0.25) is 0 Å². The van der Waals surface area contributed by atoms with Gasteiger partial charge in [0.05, 0.1) is 10.9 Å². The minimum atomic E-state index is -0.946. The molecule has 0 aliphatic heterocycles. The second-order valence-corrected chi connectivity index (χ2v) is 6.50. The molecular formula is C20H12BrNO3. The average Bonchev–Trinajstić information content (AvgIpc) is 2.61. The molecule has 0 amide bonds. The third-order valence-corrected chi connectivity index (χ3v) is 4.46. The number of benzene rings is 3. The molecule has 0 aliphatic carbocycles. The van der Waals surface area contributed by atoms with Gasteiger partial charge in [-0.15, -0.1) is 0 Å². The number of hydrogen-bond acceptors (Lipinski definition) is 3. The first kappa shape index (κ1) is 15.6. The molecule has 1 N–H and O–H groups in total. The highest BCUT2D eigenvalue weighted by atomic mass is 79.9. The smallest absolute Gasteiger partial charge is 0.335 e. The van der Waals surface area contributed by atoms with E-state index in [1.807, 2.05) is 42.5 Å². The maximum absolute atomic E-state index is 11.2. The second-order valence-electron chi connectivity index (χ2n) is 5.58. The predicted molar refractivity (Wildman–Crippen MR) is 100 cm³/mol. The molecule has 0 unspecified atom stereocenters. The predicted octanol–water partition coefficient (Wildman–Crippen LogP) is 5.64. The Bertz CT molecular complexity index is 1120. The van der Waals surface area contributed by atoms with E-state index in [9.17, 15) is 9.90 Å². The fourth-order valence-corrected chi connectivity index (χ4v) is 3.20. The van der Waals surface area contributed by atoms with Gasteiger partial charge in [0, 0.05) is 10.7 Å². The quantitative estimate of drug-likeness (QED) is 0.457. The summed E-state index contributed by atoms with van der Waals surface area (Å²) in [4.78, 5) is 15.6. The number of halogens is 1. The van der Waals surface area contributed by atoms with Crippen molar-refractivity contribution in [1.82, 2.24) is 4.98 Å². The zero-order valence-electron chi connectivity index (χ0n) is 12.9. The first-order chi connectivity index (χ1) is 12.1. The fourth-order valence-electron chi connectivity index (χ4n) is 2.83. The van der Waals surface area contributed by atoms with Gasteiger partial charge in [0.25, 0.3) is 0 Å². The lowest BCUT2D eigenvalue weighted by Gasteiger charge is -2.11. The maximum atomic E-state index is 11.2.